The maximum atomic E-state index is 12.6. The summed E-state index contributed by atoms with van der Waals surface area (Å²) in [7, 11) is 0. The van der Waals surface area contributed by atoms with E-state index in [2.05, 4.69) is 0 Å². The standard InChI is InChI=1S/C9H10ClFO/c1-6(10)9(12)7-3-2-4-8(11)5-7/h2-6,9,12H,1H3/t6-,9-/m0/s1. The number of halogens is 2. The van der Waals surface area contributed by atoms with E-state index in [1.165, 1.54) is 12.1 Å². The first-order valence-electron chi connectivity index (χ1n) is 3.69. The highest BCUT2D eigenvalue weighted by Crippen LogP contribution is 2.20. The third-order valence-electron chi connectivity index (χ3n) is 1.63. The molecule has 0 radical (unpaired) electrons. The van der Waals surface area contributed by atoms with Gasteiger partial charge in [0, 0.05) is 0 Å². The molecule has 0 saturated heterocycles. The maximum absolute atomic E-state index is 12.6. The molecule has 0 saturated carbocycles. The smallest absolute Gasteiger partial charge is 0.123 e. The summed E-state index contributed by atoms with van der Waals surface area (Å²) in [4.78, 5) is 0. The van der Waals surface area contributed by atoms with Crippen LogP contribution in [-0.4, -0.2) is 10.5 Å². The SMILES string of the molecule is C[C@H](Cl)[C@H](O)c1cccc(F)c1. The Kier molecular flexibility index (Phi) is 3.06. The highest BCUT2D eigenvalue weighted by atomic mass is 35.5. The third kappa shape index (κ3) is 2.19. The quantitative estimate of drug-likeness (QED) is 0.707. The second kappa shape index (κ2) is 3.87. The van der Waals surface area contributed by atoms with Crippen LogP contribution in [0.4, 0.5) is 4.39 Å². The van der Waals surface area contributed by atoms with Gasteiger partial charge < -0.3 is 5.11 Å². The molecule has 0 unspecified atom stereocenters. The number of hydrogen-bond donors (Lipinski definition) is 1. The summed E-state index contributed by atoms with van der Waals surface area (Å²) >= 11 is 5.64. The number of alkyl halides is 1. The number of rotatable bonds is 2. The molecule has 1 aromatic carbocycles. The Hall–Kier alpha value is -0.600. The van der Waals surface area contributed by atoms with E-state index < -0.39 is 11.5 Å². The zero-order chi connectivity index (χ0) is 9.14. The van der Waals surface area contributed by atoms with Crippen molar-refractivity contribution in [3.05, 3.63) is 35.6 Å². The monoisotopic (exact) mass is 188 g/mol. The van der Waals surface area contributed by atoms with E-state index in [0.717, 1.165) is 0 Å². The van der Waals surface area contributed by atoms with Crippen LogP contribution >= 0.6 is 11.6 Å². The van der Waals surface area contributed by atoms with Crippen molar-refractivity contribution in [2.24, 2.45) is 0 Å². The number of aliphatic hydroxyl groups is 1. The summed E-state index contributed by atoms with van der Waals surface area (Å²) in [6.07, 6.45) is -0.803. The molecular weight excluding hydrogens is 179 g/mol. The summed E-state index contributed by atoms with van der Waals surface area (Å²) in [5.74, 6) is -0.358. The predicted octanol–water partition coefficient (Wildman–Crippen LogP) is 2.49. The minimum atomic E-state index is -0.803. The molecule has 0 fully saturated rings. The molecule has 0 aliphatic heterocycles. The van der Waals surface area contributed by atoms with Gasteiger partial charge in [0.05, 0.1) is 11.5 Å². The zero-order valence-electron chi connectivity index (χ0n) is 6.67. The van der Waals surface area contributed by atoms with Gasteiger partial charge in [0.2, 0.25) is 0 Å². The highest BCUT2D eigenvalue weighted by Gasteiger charge is 2.13. The summed E-state index contributed by atoms with van der Waals surface area (Å²) in [5, 5.41) is 9.01. The molecule has 2 atom stereocenters. The normalized spacial score (nSPS) is 15.7. The lowest BCUT2D eigenvalue weighted by molar-refractivity contribution is 0.177. The molecule has 0 aliphatic carbocycles. The Morgan fingerprint density at radius 1 is 1.50 bits per heavy atom. The number of benzene rings is 1. The maximum Gasteiger partial charge on any atom is 0.123 e. The molecule has 12 heavy (non-hydrogen) atoms. The lowest BCUT2D eigenvalue weighted by Gasteiger charge is -2.12. The van der Waals surface area contributed by atoms with E-state index in [1.54, 1.807) is 19.1 Å². The molecule has 1 aromatic rings. The van der Waals surface area contributed by atoms with Crippen LogP contribution in [-0.2, 0) is 0 Å². The predicted molar refractivity (Wildman–Crippen MR) is 46.7 cm³/mol. The average molecular weight is 189 g/mol. The minimum absolute atomic E-state index is 0.358. The van der Waals surface area contributed by atoms with Gasteiger partial charge in [0.1, 0.15) is 5.82 Å². The Bertz CT molecular complexity index is 262. The lowest BCUT2D eigenvalue weighted by atomic mass is 10.1. The van der Waals surface area contributed by atoms with Crippen molar-refractivity contribution in [1.82, 2.24) is 0 Å². The van der Waals surface area contributed by atoms with E-state index >= 15 is 0 Å². The van der Waals surface area contributed by atoms with E-state index in [9.17, 15) is 9.50 Å². The summed E-state index contributed by atoms with van der Waals surface area (Å²) in [5.41, 5.74) is 0.512. The summed E-state index contributed by atoms with van der Waals surface area (Å²) < 4.78 is 12.6. The molecule has 1 N–H and O–H groups in total. The largest absolute Gasteiger partial charge is 0.387 e. The fourth-order valence-electron chi connectivity index (χ4n) is 0.956. The Morgan fingerprint density at radius 3 is 2.67 bits per heavy atom. The van der Waals surface area contributed by atoms with Gasteiger partial charge in [-0.2, -0.15) is 0 Å². The van der Waals surface area contributed by atoms with Crippen molar-refractivity contribution in [3.8, 4) is 0 Å². The van der Waals surface area contributed by atoms with Crippen LogP contribution in [0.1, 0.15) is 18.6 Å². The van der Waals surface area contributed by atoms with Gasteiger partial charge in [0.15, 0.2) is 0 Å². The number of aliphatic hydroxyl groups excluding tert-OH is 1. The molecule has 0 aromatic heterocycles. The van der Waals surface area contributed by atoms with Gasteiger partial charge >= 0.3 is 0 Å². The van der Waals surface area contributed by atoms with E-state index in [4.69, 9.17) is 11.6 Å². The lowest BCUT2D eigenvalue weighted by Crippen LogP contribution is -2.08. The average Bonchev–Trinajstić information content (AvgIpc) is 2.03. The van der Waals surface area contributed by atoms with E-state index in [-0.39, 0.29) is 5.82 Å². The van der Waals surface area contributed by atoms with Crippen LogP contribution in [0.2, 0.25) is 0 Å². The van der Waals surface area contributed by atoms with Gasteiger partial charge in [-0.25, -0.2) is 4.39 Å². The minimum Gasteiger partial charge on any atom is -0.387 e. The van der Waals surface area contributed by atoms with Crippen molar-refractivity contribution in [2.75, 3.05) is 0 Å². The van der Waals surface area contributed by atoms with Gasteiger partial charge in [-0.3, -0.25) is 0 Å². The zero-order valence-corrected chi connectivity index (χ0v) is 7.42. The first kappa shape index (κ1) is 9.49. The molecule has 0 bridgehead atoms. The molecule has 0 spiro atoms. The molecule has 1 nitrogen and oxygen atoms in total. The van der Waals surface area contributed by atoms with Gasteiger partial charge in [-0.1, -0.05) is 12.1 Å². The Morgan fingerprint density at radius 2 is 2.17 bits per heavy atom. The Labute approximate surface area is 75.8 Å². The first-order valence-corrected chi connectivity index (χ1v) is 4.12. The molecule has 0 amide bonds. The van der Waals surface area contributed by atoms with Gasteiger partial charge in [-0.05, 0) is 24.6 Å². The van der Waals surface area contributed by atoms with Gasteiger partial charge in [-0.15, -0.1) is 11.6 Å². The highest BCUT2D eigenvalue weighted by molar-refractivity contribution is 6.20. The van der Waals surface area contributed by atoms with Crippen molar-refractivity contribution in [1.29, 1.82) is 0 Å². The molecule has 1 rings (SSSR count). The first-order chi connectivity index (χ1) is 5.61. The summed E-state index contributed by atoms with van der Waals surface area (Å²) in [6, 6.07) is 5.80. The molecule has 0 aliphatic rings. The molecule has 3 heteroatoms. The van der Waals surface area contributed by atoms with Crippen LogP contribution in [0.5, 0.6) is 0 Å². The molecular formula is C9H10ClFO. The van der Waals surface area contributed by atoms with Crippen molar-refractivity contribution < 1.29 is 9.50 Å². The van der Waals surface area contributed by atoms with Crippen LogP contribution in [0.15, 0.2) is 24.3 Å². The van der Waals surface area contributed by atoms with E-state index in [0.29, 0.717) is 5.56 Å². The molecule has 66 valence electrons. The third-order valence-corrected chi connectivity index (χ3v) is 1.86. The second-order valence-electron chi connectivity index (χ2n) is 2.68. The molecule has 0 heterocycles. The fourth-order valence-corrected chi connectivity index (χ4v) is 1.10. The van der Waals surface area contributed by atoms with Crippen molar-refractivity contribution in [2.45, 2.75) is 18.4 Å². The topological polar surface area (TPSA) is 20.2 Å². The van der Waals surface area contributed by atoms with Gasteiger partial charge in [0.25, 0.3) is 0 Å². The van der Waals surface area contributed by atoms with Crippen molar-refractivity contribution >= 4 is 11.6 Å². The second-order valence-corrected chi connectivity index (χ2v) is 3.37. The van der Waals surface area contributed by atoms with Crippen LogP contribution in [0.25, 0.3) is 0 Å². The Balaban J connectivity index is 2.88. The summed E-state index contributed by atoms with van der Waals surface area (Å²) in [6.45, 7) is 1.66. The van der Waals surface area contributed by atoms with Crippen LogP contribution in [0, 0.1) is 5.82 Å². The van der Waals surface area contributed by atoms with Crippen LogP contribution in [0.3, 0.4) is 0 Å². The fraction of sp³-hybridized carbons (Fsp3) is 0.333. The van der Waals surface area contributed by atoms with E-state index in [1.807, 2.05) is 0 Å². The van der Waals surface area contributed by atoms with Crippen LogP contribution < -0.4 is 0 Å². The van der Waals surface area contributed by atoms with Crippen molar-refractivity contribution in [3.63, 3.8) is 0 Å². The number of hydrogen-bond acceptors (Lipinski definition) is 1.